The maximum Gasteiger partial charge on any atom is 0.0408 e. The van der Waals surface area contributed by atoms with E-state index in [0.717, 1.165) is 24.0 Å². The van der Waals surface area contributed by atoms with Gasteiger partial charge in [0.15, 0.2) is 0 Å². The van der Waals surface area contributed by atoms with Crippen molar-refractivity contribution in [3.63, 3.8) is 0 Å². The van der Waals surface area contributed by atoms with Crippen LogP contribution < -0.4 is 5.32 Å². The quantitative estimate of drug-likeness (QED) is 0.769. The van der Waals surface area contributed by atoms with Crippen LogP contribution in [0.5, 0.6) is 0 Å². The first-order chi connectivity index (χ1) is 8.67. The molecule has 100 valence electrons. The van der Waals surface area contributed by atoms with Crippen molar-refractivity contribution < 1.29 is 0 Å². The molecule has 1 nitrogen and oxygen atoms in total. The number of hydrogen-bond donors (Lipinski definition) is 1. The average Bonchev–Trinajstić information content (AvgIpc) is 3.19. The fourth-order valence-corrected chi connectivity index (χ4v) is 2.75. The highest BCUT2D eigenvalue weighted by Crippen LogP contribution is 2.32. The van der Waals surface area contributed by atoms with Crippen LogP contribution in [0.1, 0.15) is 45.1 Å². The predicted molar refractivity (Wildman–Crippen MR) is 79.2 cm³/mol. The fourth-order valence-electron chi connectivity index (χ4n) is 2.54. The monoisotopic (exact) mass is 265 g/mol. The van der Waals surface area contributed by atoms with Gasteiger partial charge in [-0.15, -0.1) is 0 Å². The molecule has 0 unspecified atom stereocenters. The zero-order chi connectivity index (χ0) is 13.0. The molecule has 1 saturated carbocycles. The van der Waals surface area contributed by atoms with Crippen molar-refractivity contribution in [1.82, 2.24) is 5.32 Å². The summed E-state index contributed by atoms with van der Waals surface area (Å²) >= 11 is 6.08. The zero-order valence-electron chi connectivity index (χ0n) is 11.5. The minimum Gasteiger partial charge on any atom is -0.313 e. The lowest BCUT2D eigenvalue weighted by atomic mass is 9.77. The van der Waals surface area contributed by atoms with E-state index >= 15 is 0 Å². The van der Waals surface area contributed by atoms with Crippen molar-refractivity contribution in [2.24, 2.45) is 5.41 Å². The smallest absolute Gasteiger partial charge is 0.0408 e. The van der Waals surface area contributed by atoms with Gasteiger partial charge in [-0.3, -0.25) is 0 Å². The highest BCUT2D eigenvalue weighted by atomic mass is 35.5. The summed E-state index contributed by atoms with van der Waals surface area (Å²) in [6.45, 7) is 5.75. The minimum atomic E-state index is 0.382. The van der Waals surface area contributed by atoms with E-state index in [2.05, 4.69) is 37.4 Å². The topological polar surface area (TPSA) is 12.0 Å². The Morgan fingerprint density at radius 1 is 1.28 bits per heavy atom. The van der Waals surface area contributed by atoms with Crippen molar-refractivity contribution in [2.75, 3.05) is 6.54 Å². The van der Waals surface area contributed by atoms with E-state index in [1.54, 1.807) is 0 Å². The largest absolute Gasteiger partial charge is 0.313 e. The van der Waals surface area contributed by atoms with E-state index in [1.807, 2.05) is 6.07 Å². The van der Waals surface area contributed by atoms with Crippen LogP contribution in [-0.4, -0.2) is 12.6 Å². The third-order valence-corrected chi connectivity index (χ3v) is 4.55. The summed E-state index contributed by atoms with van der Waals surface area (Å²) in [6, 6.07) is 9.11. The molecular formula is C16H24ClN. The molecule has 0 radical (unpaired) electrons. The van der Waals surface area contributed by atoms with Gasteiger partial charge in [0.25, 0.3) is 0 Å². The fraction of sp³-hybridized carbons (Fsp3) is 0.625. The summed E-state index contributed by atoms with van der Waals surface area (Å²) in [7, 11) is 0. The van der Waals surface area contributed by atoms with Crippen molar-refractivity contribution in [3.05, 3.63) is 34.9 Å². The molecule has 1 fully saturated rings. The number of hydrogen-bond acceptors (Lipinski definition) is 1. The first-order valence-corrected chi connectivity index (χ1v) is 7.53. The zero-order valence-corrected chi connectivity index (χ0v) is 12.3. The van der Waals surface area contributed by atoms with E-state index < -0.39 is 0 Å². The Morgan fingerprint density at radius 2 is 2.00 bits per heavy atom. The lowest BCUT2D eigenvalue weighted by Crippen LogP contribution is -2.36. The highest BCUT2D eigenvalue weighted by Gasteiger charge is 2.30. The van der Waals surface area contributed by atoms with Gasteiger partial charge in [-0.2, -0.15) is 0 Å². The number of nitrogens with one attached hydrogen (secondary N) is 1. The molecule has 0 bridgehead atoms. The van der Waals surface area contributed by atoms with Gasteiger partial charge in [-0.25, -0.2) is 0 Å². The second-order valence-electron chi connectivity index (χ2n) is 5.67. The first kappa shape index (κ1) is 13.9. The molecule has 0 aliphatic heterocycles. The maximum atomic E-state index is 6.08. The normalized spacial score (nSPS) is 15.9. The van der Waals surface area contributed by atoms with E-state index in [4.69, 9.17) is 11.6 Å². The van der Waals surface area contributed by atoms with E-state index in [-0.39, 0.29) is 0 Å². The first-order valence-electron chi connectivity index (χ1n) is 7.15. The SMILES string of the molecule is CCC(CC)(CNC1CC1)Cc1cccc(Cl)c1. The predicted octanol–water partition coefficient (Wildman–Crippen LogP) is 4.44. The Labute approximate surface area is 116 Å². The van der Waals surface area contributed by atoms with Crippen LogP contribution in [0.4, 0.5) is 0 Å². The Kier molecular flexibility index (Phi) is 4.69. The minimum absolute atomic E-state index is 0.382. The summed E-state index contributed by atoms with van der Waals surface area (Å²) in [4.78, 5) is 0. The van der Waals surface area contributed by atoms with Crippen molar-refractivity contribution in [1.29, 1.82) is 0 Å². The summed E-state index contributed by atoms with van der Waals surface area (Å²) in [5.74, 6) is 0. The summed E-state index contributed by atoms with van der Waals surface area (Å²) in [5, 5.41) is 4.55. The molecule has 0 heterocycles. The number of halogens is 1. The third kappa shape index (κ3) is 3.73. The molecule has 2 heteroatoms. The van der Waals surface area contributed by atoms with Gasteiger partial charge in [0, 0.05) is 17.6 Å². The van der Waals surface area contributed by atoms with E-state index in [9.17, 15) is 0 Å². The van der Waals surface area contributed by atoms with Gasteiger partial charge >= 0.3 is 0 Å². The number of benzene rings is 1. The van der Waals surface area contributed by atoms with Crippen LogP contribution in [0, 0.1) is 5.41 Å². The molecule has 1 aliphatic rings. The molecule has 1 N–H and O–H groups in total. The van der Waals surface area contributed by atoms with Crippen molar-refractivity contribution >= 4 is 11.6 Å². The van der Waals surface area contributed by atoms with Crippen LogP contribution in [-0.2, 0) is 6.42 Å². The van der Waals surface area contributed by atoms with Crippen LogP contribution in [0.2, 0.25) is 5.02 Å². The third-order valence-electron chi connectivity index (χ3n) is 4.31. The second-order valence-corrected chi connectivity index (χ2v) is 6.11. The molecule has 0 saturated heterocycles. The summed E-state index contributed by atoms with van der Waals surface area (Å²) in [6.07, 6.45) is 6.28. The lowest BCUT2D eigenvalue weighted by Gasteiger charge is -2.32. The molecule has 0 atom stereocenters. The molecule has 0 aromatic heterocycles. The van der Waals surface area contributed by atoms with Gasteiger partial charge in [0.2, 0.25) is 0 Å². The van der Waals surface area contributed by atoms with E-state index in [1.165, 1.54) is 31.2 Å². The molecular weight excluding hydrogens is 242 g/mol. The second kappa shape index (κ2) is 6.08. The summed E-state index contributed by atoms with van der Waals surface area (Å²) < 4.78 is 0. The maximum absolute atomic E-state index is 6.08. The van der Waals surface area contributed by atoms with Crippen LogP contribution >= 0.6 is 11.6 Å². The molecule has 18 heavy (non-hydrogen) atoms. The molecule has 1 aliphatic carbocycles. The average molecular weight is 266 g/mol. The molecule has 0 amide bonds. The molecule has 2 rings (SSSR count). The van der Waals surface area contributed by atoms with Gasteiger partial charge in [-0.1, -0.05) is 37.6 Å². The van der Waals surface area contributed by atoms with Gasteiger partial charge in [-0.05, 0) is 55.2 Å². The van der Waals surface area contributed by atoms with Crippen LogP contribution in [0.25, 0.3) is 0 Å². The van der Waals surface area contributed by atoms with Gasteiger partial charge < -0.3 is 5.32 Å². The standard InChI is InChI=1S/C16H24ClN/c1-3-16(4-2,12-18-15-8-9-15)11-13-6-5-7-14(17)10-13/h5-7,10,15,18H,3-4,8-9,11-12H2,1-2H3. The van der Waals surface area contributed by atoms with Crippen molar-refractivity contribution in [3.8, 4) is 0 Å². The van der Waals surface area contributed by atoms with Crippen LogP contribution in [0.3, 0.4) is 0 Å². The van der Waals surface area contributed by atoms with E-state index in [0.29, 0.717) is 5.41 Å². The Morgan fingerprint density at radius 3 is 2.56 bits per heavy atom. The lowest BCUT2D eigenvalue weighted by molar-refractivity contribution is 0.245. The summed E-state index contributed by atoms with van der Waals surface area (Å²) in [5.41, 5.74) is 1.75. The van der Waals surface area contributed by atoms with Gasteiger partial charge in [0.05, 0.1) is 0 Å². The number of rotatable bonds is 7. The van der Waals surface area contributed by atoms with Gasteiger partial charge in [0.1, 0.15) is 0 Å². The molecule has 1 aromatic rings. The molecule has 0 spiro atoms. The Balaban J connectivity index is 2.03. The van der Waals surface area contributed by atoms with Crippen LogP contribution in [0.15, 0.2) is 24.3 Å². The highest BCUT2D eigenvalue weighted by molar-refractivity contribution is 6.30. The Hall–Kier alpha value is -0.530. The molecule has 1 aromatic carbocycles. The Bertz CT molecular complexity index is 380. The van der Waals surface area contributed by atoms with Crippen molar-refractivity contribution in [2.45, 2.75) is 52.0 Å².